The first-order valence-electron chi connectivity index (χ1n) is 5.98. The zero-order valence-electron chi connectivity index (χ0n) is 9.46. The lowest BCUT2D eigenvalue weighted by atomic mass is 9.83. The van der Waals surface area contributed by atoms with Gasteiger partial charge in [0, 0.05) is 5.38 Å². The normalized spacial score (nSPS) is 20.4. The van der Waals surface area contributed by atoms with Crippen molar-refractivity contribution < 1.29 is 0 Å². The summed E-state index contributed by atoms with van der Waals surface area (Å²) in [7, 11) is 0. The number of thiazole rings is 1. The Morgan fingerprint density at radius 2 is 2.13 bits per heavy atom. The molecular weight excluding hydrogens is 204 g/mol. The summed E-state index contributed by atoms with van der Waals surface area (Å²) >= 11 is 1.76. The summed E-state index contributed by atoms with van der Waals surface area (Å²) in [6.45, 7) is 2.19. The predicted octanol–water partition coefficient (Wildman–Crippen LogP) is 3.21. The zero-order valence-corrected chi connectivity index (χ0v) is 10.3. The van der Waals surface area contributed by atoms with Crippen LogP contribution in [0, 0.1) is 0 Å². The van der Waals surface area contributed by atoms with E-state index in [2.05, 4.69) is 17.3 Å². The van der Waals surface area contributed by atoms with Gasteiger partial charge < -0.3 is 5.73 Å². The summed E-state index contributed by atoms with van der Waals surface area (Å²) in [4.78, 5) is 4.69. The van der Waals surface area contributed by atoms with E-state index in [1.54, 1.807) is 11.3 Å². The maximum Gasteiger partial charge on any atom is 0.113 e. The standard InChI is InChI=1S/C12H20N2S/c1-2-6-10-9-15-11(14-10)12(13)7-4-3-5-8-12/h9H,2-8,13H2,1H3. The molecule has 1 aliphatic rings. The molecule has 0 bridgehead atoms. The van der Waals surface area contributed by atoms with Crippen LogP contribution in [0.2, 0.25) is 0 Å². The molecule has 3 heteroatoms. The molecule has 0 aliphatic heterocycles. The minimum atomic E-state index is -0.102. The molecule has 2 N–H and O–H groups in total. The first-order chi connectivity index (χ1) is 7.24. The fourth-order valence-corrected chi connectivity index (χ4v) is 3.33. The van der Waals surface area contributed by atoms with Crippen LogP contribution in [0.15, 0.2) is 5.38 Å². The number of nitrogens with two attached hydrogens (primary N) is 1. The van der Waals surface area contributed by atoms with Gasteiger partial charge in [-0.3, -0.25) is 0 Å². The molecule has 0 saturated heterocycles. The Labute approximate surface area is 95.9 Å². The fourth-order valence-electron chi connectivity index (χ4n) is 2.30. The zero-order chi connectivity index (χ0) is 10.7. The Morgan fingerprint density at radius 3 is 2.80 bits per heavy atom. The summed E-state index contributed by atoms with van der Waals surface area (Å²) < 4.78 is 0. The first-order valence-corrected chi connectivity index (χ1v) is 6.86. The number of aromatic nitrogens is 1. The van der Waals surface area contributed by atoms with Gasteiger partial charge in [0.25, 0.3) is 0 Å². The monoisotopic (exact) mass is 224 g/mol. The molecule has 0 atom stereocenters. The van der Waals surface area contributed by atoms with Gasteiger partial charge in [0.1, 0.15) is 5.01 Å². The van der Waals surface area contributed by atoms with Crippen molar-refractivity contribution in [3.63, 3.8) is 0 Å². The fraction of sp³-hybridized carbons (Fsp3) is 0.750. The van der Waals surface area contributed by atoms with Gasteiger partial charge in [-0.1, -0.05) is 32.6 Å². The van der Waals surface area contributed by atoms with Crippen molar-refractivity contribution in [1.82, 2.24) is 4.98 Å². The molecule has 0 amide bonds. The van der Waals surface area contributed by atoms with Crippen LogP contribution in [0.1, 0.15) is 56.2 Å². The Morgan fingerprint density at radius 1 is 1.40 bits per heavy atom. The van der Waals surface area contributed by atoms with Crippen molar-refractivity contribution >= 4 is 11.3 Å². The SMILES string of the molecule is CCCc1csc(C2(N)CCCCC2)n1. The summed E-state index contributed by atoms with van der Waals surface area (Å²) in [5.74, 6) is 0. The molecule has 0 radical (unpaired) electrons. The molecule has 1 saturated carbocycles. The Bertz CT molecular complexity index is 313. The second kappa shape index (κ2) is 4.62. The van der Waals surface area contributed by atoms with E-state index >= 15 is 0 Å². The highest BCUT2D eigenvalue weighted by Gasteiger charge is 2.32. The molecular formula is C12H20N2S. The van der Waals surface area contributed by atoms with E-state index in [9.17, 15) is 0 Å². The van der Waals surface area contributed by atoms with Crippen molar-refractivity contribution in [2.45, 2.75) is 57.4 Å². The van der Waals surface area contributed by atoms with E-state index < -0.39 is 0 Å². The van der Waals surface area contributed by atoms with Gasteiger partial charge in [0.15, 0.2) is 0 Å². The lowest BCUT2D eigenvalue weighted by Crippen LogP contribution is -2.38. The summed E-state index contributed by atoms with van der Waals surface area (Å²) in [6, 6.07) is 0. The number of hydrogen-bond acceptors (Lipinski definition) is 3. The summed E-state index contributed by atoms with van der Waals surface area (Å²) in [5.41, 5.74) is 7.57. The Hall–Kier alpha value is -0.410. The smallest absolute Gasteiger partial charge is 0.113 e. The van der Waals surface area contributed by atoms with Gasteiger partial charge in [-0.15, -0.1) is 11.3 Å². The van der Waals surface area contributed by atoms with E-state index in [4.69, 9.17) is 5.73 Å². The minimum Gasteiger partial charge on any atom is -0.319 e. The predicted molar refractivity (Wildman–Crippen MR) is 65.1 cm³/mol. The van der Waals surface area contributed by atoms with E-state index in [0.717, 1.165) is 19.3 Å². The second-order valence-electron chi connectivity index (χ2n) is 4.61. The van der Waals surface area contributed by atoms with Gasteiger partial charge in [-0.05, 0) is 19.3 Å². The first kappa shape index (κ1) is 11.1. The molecule has 0 spiro atoms. The Balaban J connectivity index is 2.12. The molecule has 0 unspecified atom stereocenters. The van der Waals surface area contributed by atoms with Crippen molar-refractivity contribution in [3.8, 4) is 0 Å². The third-order valence-corrected chi connectivity index (χ3v) is 4.34. The van der Waals surface area contributed by atoms with Crippen LogP contribution in [0.3, 0.4) is 0 Å². The molecule has 84 valence electrons. The van der Waals surface area contributed by atoms with Gasteiger partial charge in [0.05, 0.1) is 11.2 Å². The van der Waals surface area contributed by atoms with E-state index in [1.807, 2.05) is 0 Å². The van der Waals surface area contributed by atoms with Gasteiger partial charge in [0.2, 0.25) is 0 Å². The number of rotatable bonds is 3. The minimum absolute atomic E-state index is 0.102. The van der Waals surface area contributed by atoms with Crippen molar-refractivity contribution in [2.24, 2.45) is 5.73 Å². The topological polar surface area (TPSA) is 38.9 Å². The highest BCUT2D eigenvalue weighted by Crippen LogP contribution is 2.36. The highest BCUT2D eigenvalue weighted by molar-refractivity contribution is 7.09. The molecule has 1 aromatic rings. The summed E-state index contributed by atoms with van der Waals surface area (Å²) in [6.07, 6.45) is 8.36. The molecule has 2 rings (SSSR count). The number of hydrogen-bond donors (Lipinski definition) is 1. The van der Waals surface area contributed by atoms with Crippen LogP contribution in [-0.4, -0.2) is 4.98 Å². The molecule has 15 heavy (non-hydrogen) atoms. The van der Waals surface area contributed by atoms with Crippen LogP contribution >= 0.6 is 11.3 Å². The van der Waals surface area contributed by atoms with Gasteiger partial charge in [-0.2, -0.15) is 0 Å². The average molecular weight is 224 g/mol. The van der Waals surface area contributed by atoms with Crippen LogP contribution in [0.5, 0.6) is 0 Å². The molecule has 2 nitrogen and oxygen atoms in total. The third kappa shape index (κ3) is 2.40. The van der Waals surface area contributed by atoms with Crippen molar-refractivity contribution in [2.75, 3.05) is 0 Å². The van der Waals surface area contributed by atoms with Crippen molar-refractivity contribution in [3.05, 3.63) is 16.1 Å². The maximum absolute atomic E-state index is 6.44. The van der Waals surface area contributed by atoms with Gasteiger partial charge in [-0.25, -0.2) is 4.98 Å². The summed E-state index contributed by atoms with van der Waals surface area (Å²) in [5, 5.41) is 3.35. The Kier molecular flexibility index (Phi) is 3.42. The number of nitrogens with zero attached hydrogens (tertiary/aromatic N) is 1. The molecule has 0 aromatic carbocycles. The largest absolute Gasteiger partial charge is 0.319 e. The third-order valence-electron chi connectivity index (χ3n) is 3.23. The van der Waals surface area contributed by atoms with Gasteiger partial charge >= 0.3 is 0 Å². The second-order valence-corrected chi connectivity index (χ2v) is 5.47. The van der Waals surface area contributed by atoms with Crippen LogP contribution < -0.4 is 5.73 Å². The van der Waals surface area contributed by atoms with Crippen LogP contribution in [0.4, 0.5) is 0 Å². The van der Waals surface area contributed by atoms with E-state index in [-0.39, 0.29) is 5.54 Å². The lowest BCUT2D eigenvalue weighted by Gasteiger charge is -2.31. The molecule has 1 heterocycles. The average Bonchev–Trinajstić information content (AvgIpc) is 2.69. The van der Waals surface area contributed by atoms with Crippen LogP contribution in [-0.2, 0) is 12.0 Å². The van der Waals surface area contributed by atoms with E-state index in [1.165, 1.54) is 36.4 Å². The van der Waals surface area contributed by atoms with Crippen molar-refractivity contribution in [1.29, 1.82) is 0 Å². The molecule has 1 aromatic heterocycles. The number of aryl methyl sites for hydroxylation is 1. The maximum atomic E-state index is 6.44. The molecule has 1 fully saturated rings. The highest BCUT2D eigenvalue weighted by atomic mass is 32.1. The van der Waals surface area contributed by atoms with E-state index in [0.29, 0.717) is 0 Å². The quantitative estimate of drug-likeness (QED) is 0.856. The van der Waals surface area contributed by atoms with Crippen LogP contribution in [0.25, 0.3) is 0 Å². The lowest BCUT2D eigenvalue weighted by molar-refractivity contribution is 0.301. The molecule has 1 aliphatic carbocycles.